The molecule has 0 N–H and O–H groups in total. The lowest BCUT2D eigenvalue weighted by Gasteiger charge is -2.10. The average Bonchev–Trinajstić information content (AvgIpc) is 3.40. The highest BCUT2D eigenvalue weighted by Gasteiger charge is 2.24. The van der Waals surface area contributed by atoms with Crippen LogP contribution in [-0.4, -0.2) is 22.5 Å². The number of hydrogen-bond acceptors (Lipinski definition) is 6. The first-order chi connectivity index (χ1) is 15.6. The fraction of sp³-hybridized carbons (Fsp3) is 0.0833. The number of hydrogen-bond donors (Lipinski definition) is 0. The van der Waals surface area contributed by atoms with E-state index in [0.717, 1.165) is 21.2 Å². The van der Waals surface area contributed by atoms with E-state index in [9.17, 15) is 4.79 Å². The maximum absolute atomic E-state index is 13.1. The van der Waals surface area contributed by atoms with E-state index in [1.54, 1.807) is 22.9 Å². The summed E-state index contributed by atoms with van der Waals surface area (Å²) < 4.78 is 18.3. The average molecular weight is 465 g/mol. The van der Waals surface area contributed by atoms with Crippen LogP contribution in [0.4, 0.5) is 0 Å². The minimum Gasteiger partial charge on any atom is -0.454 e. The van der Waals surface area contributed by atoms with Crippen molar-refractivity contribution in [2.24, 2.45) is 0 Å². The molecule has 160 valence electrons. The summed E-state index contributed by atoms with van der Waals surface area (Å²) in [6, 6.07) is 22.0. The fourth-order valence-corrected chi connectivity index (χ4v) is 4.27. The molecule has 0 unspecified atom stereocenters. The second-order valence-corrected chi connectivity index (χ2v) is 8.50. The quantitative estimate of drug-likeness (QED) is 0.341. The molecule has 0 saturated heterocycles. The van der Waals surface area contributed by atoms with Gasteiger partial charge in [-0.1, -0.05) is 41.6 Å². The van der Waals surface area contributed by atoms with Crippen molar-refractivity contribution in [3.8, 4) is 23.1 Å². The Balaban J connectivity index is 1.53. The molecule has 0 aliphatic carbocycles. The highest BCUT2D eigenvalue weighted by molar-refractivity contribution is 7.99. The highest BCUT2D eigenvalue weighted by Crippen LogP contribution is 2.40. The largest absolute Gasteiger partial charge is 0.454 e. The molecule has 0 radical (unpaired) electrons. The SMILES string of the molecule is Cc1nn(-c2ccccc2)c(OC(=O)c2ccc3c(c2)OCO3)c1Sc1ccc(Cl)cc1. The van der Waals surface area contributed by atoms with Crippen molar-refractivity contribution in [3.05, 3.63) is 89.1 Å². The number of aryl methyl sites for hydroxylation is 1. The summed E-state index contributed by atoms with van der Waals surface area (Å²) >= 11 is 7.48. The molecular formula is C24H17ClN2O4S. The Bertz CT molecular complexity index is 1290. The third kappa shape index (κ3) is 4.04. The maximum Gasteiger partial charge on any atom is 0.345 e. The first-order valence-electron chi connectivity index (χ1n) is 9.79. The van der Waals surface area contributed by atoms with Gasteiger partial charge in [-0.05, 0) is 61.5 Å². The highest BCUT2D eigenvalue weighted by atomic mass is 35.5. The monoisotopic (exact) mass is 464 g/mol. The van der Waals surface area contributed by atoms with Gasteiger partial charge >= 0.3 is 5.97 Å². The molecule has 1 aliphatic heterocycles. The number of esters is 1. The molecule has 0 spiro atoms. The van der Waals surface area contributed by atoms with E-state index in [1.807, 2.05) is 61.5 Å². The number of halogens is 1. The lowest BCUT2D eigenvalue weighted by atomic mass is 10.2. The minimum atomic E-state index is -0.515. The minimum absolute atomic E-state index is 0.135. The summed E-state index contributed by atoms with van der Waals surface area (Å²) in [4.78, 5) is 14.8. The van der Waals surface area contributed by atoms with Gasteiger partial charge in [0.1, 0.15) is 0 Å². The van der Waals surface area contributed by atoms with Gasteiger partial charge in [-0.15, -0.1) is 0 Å². The van der Waals surface area contributed by atoms with Gasteiger partial charge in [0.2, 0.25) is 12.7 Å². The first-order valence-corrected chi connectivity index (χ1v) is 11.0. The van der Waals surface area contributed by atoms with Crippen molar-refractivity contribution in [1.82, 2.24) is 9.78 Å². The van der Waals surface area contributed by atoms with E-state index in [-0.39, 0.29) is 6.79 Å². The topological polar surface area (TPSA) is 62.6 Å². The third-order valence-corrected chi connectivity index (χ3v) is 6.23. The van der Waals surface area contributed by atoms with Crippen molar-refractivity contribution in [2.75, 3.05) is 6.79 Å². The first kappa shape index (κ1) is 20.5. The zero-order valence-electron chi connectivity index (χ0n) is 16.9. The second-order valence-electron chi connectivity index (χ2n) is 6.98. The molecule has 1 aliphatic rings. The molecule has 32 heavy (non-hydrogen) atoms. The van der Waals surface area contributed by atoms with Crippen LogP contribution in [0.5, 0.6) is 17.4 Å². The van der Waals surface area contributed by atoms with E-state index in [4.69, 9.17) is 25.8 Å². The summed E-state index contributed by atoms with van der Waals surface area (Å²) in [6.07, 6.45) is 0. The molecule has 2 heterocycles. The van der Waals surface area contributed by atoms with Crippen molar-refractivity contribution < 1.29 is 19.0 Å². The summed E-state index contributed by atoms with van der Waals surface area (Å²) in [5, 5.41) is 5.30. The van der Waals surface area contributed by atoms with Gasteiger partial charge < -0.3 is 14.2 Å². The molecule has 4 aromatic rings. The summed E-state index contributed by atoms with van der Waals surface area (Å²) in [5.74, 6) is 0.948. The molecule has 0 atom stereocenters. The summed E-state index contributed by atoms with van der Waals surface area (Å²) in [5.41, 5.74) is 1.88. The molecule has 0 fully saturated rings. The predicted octanol–water partition coefficient (Wildman–Crippen LogP) is 5.93. The number of rotatable bonds is 5. The number of fused-ring (bicyclic) bond motifs is 1. The Morgan fingerprint density at radius 1 is 1.03 bits per heavy atom. The predicted molar refractivity (Wildman–Crippen MR) is 121 cm³/mol. The van der Waals surface area contributed by atoms with Gasteiger partial charge in [0.25, 0.3) is 0 Å². The van der Waals surface area contributed by atoms with Gasteiger partial charge in [0.15, 0.2) is 11.5 Å². The normalized spacial score (nSPS) is 12.1. The number of ether oxygens (including phenoxy) is 3. The van der Waals surface area contributed by atoms with Crippen LogP contribution in [-0.2, 0) is 0 Å². The Morgan fingerprint density at radius 2 is 1.78 bits per heavy atom. The third-order valence-electron chi connectivity index (χ3n) is 4.80. The number of nitrogens with zero attached hydrogens (tertiary/aromatic N) is 2. The van der Waals surface area contributed by atoms with E-state index < -0.39 is 5.97 Å². The van der Waals surface area contributed by atoms with Crippen molar-refractivity contribution in [3.63, 3.8) is 0 Å². The van der Waals surface area contributed by atoms with Crippen molar-refractivity contribution in [2.45, 2.75) is 16.7 Å². The van der Waals surface area contributed by atoms with E-state index >= 15 is 0 Å². The zero-order chi connectivity index (χ0) is 22.1. The van der Waals surface area contributed by atoms with Crippen LogP contribution in [0.25, 0.3) is 5.69 Å². The van der Waals surface area contributed by atoms with Crippen LogP contribution in [0, 0.1) is 6.92 Å². The zero-order valence-corrected chi connectivity index (χ0v) is 18.5. The lowest BCUT2D eigenvalue weighted by Crippen LogP contribution is -2.12. The fourth-order valence-electron chi connectivity index (χ4n) is 3.23. The summed E-state index contributed by atoms with van der Waals surface area (Å²) in [7, 11) is 0. The van der Waals surface area contributed by atoms with Crippen molar-refractivity contribution in [1.29, 1.82) is 0 Å². The lowest BCUT2D eigenvalue weighted by molar-refractivity contribution is 0.0718. The van der Waals surface area contributed by atoms with E-state index in [0.29, 0.717) is 28.0 Å². The molecule has 6 nitrogen and oxygen atoms in total. The van der Waals surface area contributed by atoms with Crippen LogP contribution < -0.4 is 14.2 Å². The number of para-hydroxylation sites is 1. The second kappa shape index (κ2) is 8.61. The number of carbonyl (C=O) groups is 1. The van der Waals surface area contributed by atoms with Gasteiger partial charge in [-0.3, -0.25) is 0 Å². The number of benzene rings is 3. The van der Waals surface area contributed by atoms with Gasteiger partial charge in [0.05, 0.1) is 21.8 Å². The van der Waals surface area contributed by atoms with Crippen LogP contribution in [0.2, 0.25) is 5.02 Å². The Labute approximate surface area is 193 Å². The number of carbonyl (C=O) groups excluding carboxylic acids is 1. The Kier molecular flexibility index (Phi) is 5.51. The molecule has 0 bridgehead atoms. The van der Waals surface area contributed by atoms with Crippen LogP contribution in [0.3, 0.4) is 0 Å². The molecule has 0 amide bonds. The smallest absolute Gasteiger partial charge is 0.345 e. The van der Waals surface area contributed by atoms with E-state index in [1.165, 1.54) is 11.8 Å². The van der Waals surface area contributed by atoms with Crippen LogP contribution >= 0.6 is 23.4 Å². The maximum atomic E-state index is 13.1. The molecule has 1 aromatic heterocycles. The van der Waals surface area contributed by atoms with Crippen LogP contribution in [0.1, 0.15) is 16.1 Å². The molecule has 0 saturated carbocycles. The van der Waals surface area contributed by atoms with E-state index in [2.05, 4.69) is 5.10 Å². The molecule has 5 rings (SSSR count). The molecular weight excluding hydrogens is 448 g/mol. The Morgan fingerprint density at radius 3 is 2.56 bits per heavy atom. The van der Waals surface area contributed by atoms with Gasteiger partial charge in [-0.25, -0.2) is 4.79 Å². The van der Waals surface area contributed by atoms with Gasteiger partial charge in [0, 0.05) is 9.92 Å². The standard InChI is InChI=1S/C24H17ClN2O4S/c1-15-22(32-19-10-8-17(25)9-11-19)23(27(26-15)18-5-3-2-4-6-18)31-24(28)16-7-12-20-21(13-16)30-14-29-20/h2-13H,14H2,1H3. The van der Waals surface area contributed by atoms with Crippen LogP contribution in [0.15, 0.2) is 82.6 Å². The number of aromatic nitrogens is 2. The Hall–Kier alpha value is -3.42. The summed E-state index contributed by atoms with van der Waals surface area (Å²) in [6.45, 7) is 2.02. The van der Waals surface area contributed by atoms with Gasteiger partial charge in [-0.2, -0.15) is 9.78 Å². The van der Waals surface area contributed by atoms with Crippen molar-refractivity contribution >= 4 is 29.3 Å². The molecule has 3 aromatic carbocycles. The molecule has 8 heteroatoms.